The molecule has 6 nitrogen and oxygen atoms in total. The summed E-state index contributed by atoms with van der Waals surface area (Å²) in [6.45, 7) is 6.46. The summed E-state index contributed by atoms with van der Waals surface area (Å²) < 4.78 is 56.1. The number of ether oxygens (including phenoxy) is 3. The molecule has 0 atom stereocenters. The van der Waals surface area contributed by atoms with Crippen LogP contribution < -0.4 is 9.47 Å². The van der Waals surface area contributed by atoms with Gasteiger partial charge >= 0.3 is 18.1 Å². The predicted octanol–water partition coefficient (Wildman–Crippen LogP) is 6.49. The molecule has 9 heteroatoms. The van der Waals surface area contributed by atoms with E-state index in [0.29, 0.717) is 5.75 Å². The van der Waals surface area contributed by atoms with E-state index in [2.05, 4.69) is 13.2 Å². The number of halogens is 3. The van der Waals surface area contributed by atoms with Crippen molar-refractivity contribution in [3.05, 3.63) is 108 Å². The predicted molar refractivity (Wildman–Crippen MR) is 135 cm³/mol. The average molecular weight is 527 g/mol. The Hall–Kier alpha value is -4.53. The number of carbonyl (C=O) groups excluding carboxylic acids is 1. The quantitative estimate of drug-likeness (QED) is 0.215. The number of esters is 1. The SMILES string of the molecule is C=CCOC(=O)Cc1ccc(-c2ccc(OCc3ccc(C(F)(F)F)c(OCC=C)c3C(=O)O)cc2)cc1. The first kappa shape index (κ1) is 28.0. The highest BCUT2D eigenvalue weighted by Crippen LogP contribution is 2.40. The summed E-state index contributed by atoms with van der Waals surface area (Å²) in [5, 5.41) is 9.64. The number of hydrogen-bond donors (Lipinski definition) is 1. The van der Waals surface area contributed by atoms with Crippen molar-refractivity contribution in [1.82, 2.24) is 0 Å². The zero-order chi connectivity index (χ0) is 27.7. The number of rotatable bonds is 12. The van der Waals surface area contributed by atoms with Gasteiger partial charge in [0.1, 0.15) is 36.9 Å². The second-order valence-electron chi connectivity index (χ2n) is 8.04. The maximum absolute atomic E-state index is 13.4. The number of carboxylic acid groups (broad SMARTS) is 1. The molecule has 0 radical (unpaired) electrons. The summed E-state index contributed by atoms with van der Waals surface area (Å²) in [5.41, 5.74) is 0.760. The number of aromatic carboxylic acids is 1. The summed E-state index contributed by atoms with van der Waals surface area (Å²) in [7, 11) is 0. The minimum atomic E-state index is -4.80. The highest BCUT2D eigenvalue weighted by molar-refractivity contribution is 5.93. The lowest BCUT2D eigenvalue weighted by Crippen LogP contribution is -2.15. The number of benzene rings is 3. The van der Waals surface area contributed by atoms with E-state index in [1.807, 2.05) is 24.3 Å². The molecule has 0 amide bonds. The van der Waals surface area contributed by atoms with Crippen LogP contribution in [-0.4, -0.2) is 30.3 Å². The Morgan fingerprint density at radius 3 is 2.00 bits per heavy atom. The molecule has 0 spiro atoms. The minimum absolute atomic E-state index is 0.0239. The molecule has 0 heterocycles. The van der Waals surface area contributed by atoms with Gasteiger partial charge in [-0.1, -0.05) is 67.8 Å². The Labute approximate surface area is 217 Å². The molecule has 0 aliphatic heterocycles. The summed E-state index contributed by atoms with van der Waals surface area (Å²) in [6, 6.07) is 16.1. The van der Waals surface area contributed by atoms with E-state index < -0.39 is 29.0 Å². The van der Waals surface area contributed by atoms with E-state index in [0.717, 1.165) is 28.8 Å². The standard InChI is InChI=1S/C29H25F3O6/c1-3-15-36-25(33)17-19-5-7-20(8-6-19)21-9-12-23(13-10-21)38-18-22-11-14-24(29(30,31)32)27(37-16-4-2)26(22)28(34)35/h3-14H,1-2,15-18H2,(H,34,35). The molecule has 0 unspecified atom stereocenters. The first-order valence-corrected chi connectivity index (χ1v) is 11.4. The molecule has 3 aromatic rings. The number of carboxylic acids is 1. The monoisotopic (exact) mass is 526 g/mol. The van der Waals surface area contributed by atoms with Crippen molar-refractivity contribution in [2.24, 2.45) is 0 Å². The molecule has 0 aliphatic carbocycles. The molecule has 0 aliphatic rings. The van der Waals surface area contributed by atoms with Gasteiger partial charge in [0.25, 0.3) is 0 Å². The summed E-state index contributed by atoms with van der Waals surface area (Å²) in [5.74, 6) is -2.31. The zero-order valence-electron chi connectivity index (χ0n) is 20.3. The fourth-order valence-corrected chi connectivity index (χ4v) is 3.58. The molecule has 3 rings (SSSR count). The van der Waals surface area contributed by atoms with Crippen LogP contribution in [0.25, 0.3) is 11.1 Å². The van der Waals surface area contributed by atoms with Crippen LogP contribution in [0.2, 0.25) is 0 Å². The molecule has 0 fully saturated rings. The van der Waals surface area contributed by atoms with Crippen LogP contribution in [0.5, 0.6) is 11.5 Å². The highest BCUT2D eigenvalue weighted by atomic mass is 19.4. The smallest absolute Gasteiger partial charge is 0.419 e. The van der Waals surface area contributed by atoms with Crippen LogP contribution in [0, 0.1) is 0 Å². The van der Waals surface area contributed by atoms with Crippen LogP contribution >= 0.6 is 0 Å². The molecular formula is C29H25F3O6. The van der Waals surface area contributed by atoms with Crippen molar-refractivity contribution < 1.29 is 42.1 Å². The third-order valence-corrected chi connectivity index (χ3v) is 5.36. The molecule has 3 aromatic carbocycles. The van der Waals surface area contributed by atoms with Gasteiger partial charge in [0.2, 0.25) is 0 Å². The van der Waals surface area contributed by atoms with Crippen LogP contribution in [0.3, 0.4) is 0 Å². The van der Waals surface area contributed by atoms with E-state index in [1.165, 1.54) is 12.2 Å². The molecule has 198 valence electrons. The number of alkyl halides is 3. The van der Waals surface area contributed by atoms with E-state index >= 15 is 0 Å². The molecule has 0 saturated carbocycles. The molecule has 0 aromatic heterocycles. The van der Waals surface area contributed by atoms with Crippen LogP contribution in [-0.2, 0) is 28.7 Å². The van der Waals surface area contributed by atoms with Gasteiger partial charge in [0.15, 0.2) is 0 Å². The van der Waals surface area contributed by atoms with Gasteiger partial charge in [0.05, 0.1) is 12.0 Å². The summed E-state index contributed by atoms with van der Waals surface area (Å²) in [6.07, 6.45) is -1.94. The lowest BCUT2D eigenvalue weighted by molar-refractivity contribution is -0.141. The molecule has 0 saturated heterocycles. The van der Waals surface area contributed by atoms with Gasteiger partial charge in [-0.2, -0.15) is 13.2 Å². The molecule has 38 heavy (non-hydrogen) atoms. The fourth-order valence-electron chi connectivity index (χ4n) is 3.58. The summed E-state index contributed by atoms with van der Waals surface area (Å²) >= 11 is 0. The maximum Gasteiger partial charge on any atom is 0.419 e. The van der Waals surface area contributed by atoms with Crippen LogP contribution in [0.15, 0.2) is 86.0 Å². The Morgan fingerprint density at radius 2 is 1.45 bits per heavy atom. The normalized spacial score (nSPS) is 10.9. The van der Waals surface area contributed by atoms with Crippen molar-refractivity contribution in [3.8, 4) is 22.6 Å². The third-order valence-electron chi connectivity index (χ3n) is 5.36. The van der Waals surface area contributed by atoms with E-state index in [4.69, 9.17) is 14.2 Å². The van der Waals surface area contributed by atoms with E-state index in [9.17, 15) is 27.9 Å². The van der Waals surface area contributed by atoms with Crippen molar-refractivity contribution in [1.29, 1.82) is 0 Å². The van der Waals surface area contributed by atoms with Crippen molar-refractivity contribution in [2.75, 3.05) is 13.2 Å². The number of hydrogen-bond acceptors (Lipinski definition) is 5. The van der Waals surface area contributed by atoms with Gasteiger partial charge in [-0.25, -0.2) is 4.79 Å². The van der Waals surface area contributed by atoms with Gasteiger partial charge < -0.3 is 19.3 Å². The largest absolute Gasteiger partial charge is 0.489 e. The Kier molecular flexibility index (Phi) is 9.32. The highest BCUT2D eigenvalue weighted by Gasteiger charge is 2.37. The van der Waals surface area contributed by atoms with Crippen LogP contribution in [0.1, 0.15) is 27.0 Å². The van der Waals surface area contributed by atoms with E-state index in [1.54, 1.807) is 24.3 Å². The lowest BCUT2D eigenvalue weighted by atomic mass is 10.0. The van der Waals surface area contributed by atoms with Crippen molar-refractivity contribution >= 4 is 11.9 Å². The maximum atomic E-state index is 13.4. The van der Waals surface area contributed by atoms with Gasteiger partial charge in [-0.3, -0.25) is 4.79 Å². The third kappa shape index (κ3) is 7.25. The average Bonchev–Trinajstić information content (AvgIpc) is 2.89. The first-order valence-electron chi connectivity index (χ1n) is 11.4. The van der Waals surface area contributed by atoms with Crippen LogP contribution in [0.4, 0.5) is 13.2 Å². The second kappa shape index (κ2) is 12.6. The Balaban J connectivity index is 1.74. The minimum Gasteiger partial charge on any atom is -0.489 e. The van der Waals surface area contributed by atoms with Gasteiger partial charge in [-0.15, -0.1) is 0 Å². The Bertz CT molecular complexity index is 1300. The molecule has 0 bridgehead atoms. The lowest BCUT2D eigenvalue weighted by Gasteiger charge is -2.18. The topological polar surface area (TPSA) is 82.1 Å². The van der Waals surface area contributed by atoms with Gasteiger partial charge in [0, 0.05) is 5.56 Å². The Morgan fingerprint density at radius 1 is 0.842 bits per heavy atom. The first-order chi connectivity index (χ1) is 18.1. The second-order valence-corrected chi connectivity index (χ2v) is 8.04. The van der Waals surface area contributed by atoms with Gasteiger partial charge in [-0.05, 0) is 34.9 Å². The zero-order valence-corrected chi connectivity index (χ0v) is 20.3. The summed E-state index contributed by atoms with van der Waals surface area (Å²) in [4.78, 5) is 23.6. The molecule has 1 N–H and O–H groups in total. The van der Waals surface area contributed by atoms with Crippen molar-refractivity contribution in [3.63, 3.8) is 0 Å². The number of carbonyl (C=O) groups is 2. The molecular weight excluding hydrogens is 501 g/mol. The fraction of sp³-hybridized carbons (Fsp3) is 0.172. The van der Waals surface area contributed by atoms with E-state index in [-0.39, 0.29) is 37.8 Å². The van der Waals surface area contributed by atoms with Crippen molar-refractivity contribution in [2.45, 2.75) is 19.2 Å².